The van der Waals surface area contributed by atoms with Gasteiger partial charge >= 0.3 is 0 Å². The van der Waals surface area contributed by atoms with Crippen molar-refractivity contribution in [2.75, 3.05) is 13.2 Å². The molecule has 0 amide bonds. The van der Waals surface area contributed by atoms with Crippen LogP contribution in [0.4, 0.5) is 0 Å². The van der Waals surface area contributed by atoms with E-state index >= 15 is 0 Å². The number of para-hydroxylation sites is 1. The van der Waals surface area contributed by atoms with Crippen LogP contribution in [0.5, 0.6) is 0 Å². The Morgan fingerprint density at radius 2 is 2.19 bits per heavy atom. The highest BCUT2D eigenvalue weighted by Crippen LogP contribution is 2.24. The number of imidazole rings is 1. The molecule has 0 N–H and O–H groups in total. The highest BCUT2D eigenvalue weighted by atomic mass is 16.5. The van der Waals surface area contributed by atoms with Crippen molar-refractivity contribution >= 4 is 10.9 Å². The van der Waals surface area contributed by atoms with Gasteiger partial charge in [0.25, 0.3) is 0 Å². The Hall–Kier alpha value is -2.20. The van der Waals surface area contributed by atoms with E-state index in [1.807, 2.05) is 36.8 Å². The van der Waals surface area contributed by atoms with Crippen LogP contribution in [0, 0.1) is 0 Å². The molecule has 3 heterocycles. The van der Waals surface area contributed by atoms with Gasteiger partial charge in [-0.05, 0) is 24.1 Å². The summed E-state index contributed by atoms with van der Waals surface area (Å²) in [5.74, 6) is 1.55. The number of pyridine rings is 1. The molecule has 4 heteroatoms. The fraction of sp³-hybridized carbons (Fsp3) is 0.294. The van der Waals surface area contributed by atoms with Crippen molar-refractivity contribution in [3.8, 4) is 0 Å². The Balaban J connectivity index is 1.64. The van der Waals surface area contributed by atoms with Gasteiger partial charge in [0.05, 0.1) is 18.7 Å². The minimum Gasteiger partial charge on any atom is -0.381 e. The summed E-state index contributed by atoms with van der Waals surface area (Å²) in [6, 6.07) is 10.4. The van der Waals surface area contributed by atoms with Crippen molar-refractivity contribution in [2.45, 2.75) is 18.9 Å². The first-order valence-electron chi connectivity index (χ1n) is 7.32. The third-order valence-electron chi connectivity index (χ3n) is 4.04. The number of fused-ring (bicyclic) bond motifs is 1. The molecule has 0 bridgehead atoms. The topological polar surface area (TPSA) is 39.9 Å². The number of ether oxygens (including phenoxy) is 1. The number of rotatable bonds is 3. The molecule has 1 unspecified atom stereocenters. The average Bonchev–Trinajstić information content (AvgIpc) is 3.18. The minimum absolute atomic E-state index is 0.424. The molecule has 106 valence electrons. The lowest BCUT2D eigenvalue weighted by atomic mass is 10.1. The van der Waals surface area contributed by atoms with Gasteiger partial charge in [-0.25, -0.2) is 4.98 Å². The van der Waals surface area contributed by atoms with Crippen LogP contribution in [0.25, 0.3) is 10.9 Å². The molecule has 1 aliphatic heterocycles. The molecule has 1 fully saturated rings. The molecule has 0 radical (unpaired) electrons. The molecule has 0 aliphatic carbocycles. The predicted octanol–water partition coefficient (Wildman–Crippen LogP) is 2.98. The molecule has 1 saturated heterocycles. The lowest BCUT2D eigenvalue weighted by molar-refractivity contribution is 0.192. The Kier molecular flexibility index (Phi) is 3.16. The molecule has 4 nitrogen and oxygen atoms in total. The highest BCUT2D eigenvalue weighted by molar-refractivity contribution is 5.78. The number of hydrogen-bond donors (Lipinski definition) is 0. The SMILES string of the molecule is c1ccc2ncc(Cn3ccnc3C3CCOC3)cc2c1. The van der Waals surface area contributed by atoms with Gasteiger partial charge in [0.2, 0.25) is 0 Å². The monoisotopic (exact) mass is 279 g/mol. The molecule has 0 spiro atoms. The van der Waals surface area contributed by atoms with Crippen molar-refractivity contribution in [3.63, 3.8) is 0 Å². The first-order valence-corrected chi connectivity index (χ1v) is 7.32. The summed E-state index contributed by atoms with van der Waals surface area (Å²) in [4.78, 5) is 9.05. The molecular weight excluding hydrogens is 262 g/mol. The van der Waals surface area contributed by atoms with Gasteiger partial charge in [-0.1, -0.05) is 18.2 Å². The van der Waals surface area contributed by atoms with Crippen molar-refractivity contribution in [1.82, 2.24) is 14.5 Å². The van der Waals surface area contributed by atoms with Gasteiger partial charge < -0.3 is 9.30 Å². The fourth-order valence-electron chi connectivity index (χ4n) is 2.95. The molecular formula is C17H17N3O. The molecule has 1 aliphatic rings. The zero-order valence-electron chi connectivity index (χ0n) is 11.8. The van der Waals surface area contributed by atoms with E-state index in [1.54, 1.807) is 0 Å². The summed E-state index contributed by atoms with van der Waals surface area (Å²) in [6.07, 6.45) is 6.94. The summed E-state index contributed by atoms with van der Waals surface area (Å²) in [5, 5.41) is 1.18. The fourth-order valence-corrected chi connectivity index (χ4v) is 2.95. The number of hydrogen-bond acceptors (Lipinski definition) is 3. The van der Waals surface area contributed by atoms with Crippen LogP contribution in [-0.4, -0.2) is 27.7 Å². The van der Waals surface area contributed by atoms with Crippen LogP contribution >= 0.6 is 0 Å². The van der Waals surface area contributed by atoms with Gasteiger partial charge in [-0.2, -0.15) is 0 Å². The summed E-state index contributed by atoms with van der Waals surface area (Å²) in [7, 11) is 0. The van der Waals surface area contributed by atoms with Gasteiger partial charge in [0.1, 0.15) is 5.82 Å². The smallest absolute Gasteiger partial charge is 0.114 e. The predicted molar refractivity (Wildman–Crippen MR) is 81.2 cm³/mol. The number of nitrogens with zero attached hydrogens (tertiary/aromatic N) is 3. The van der Waals surface area contributed by atoms with Crippen molar-refractivity contribution in [1.29, 1.82) is 0 Å². The quantitative estimate of drug-likeness (QED) is 0.740. The normalized spacial score (nSPS) is 18.4. The van der Waals surface area contributed by atoms with Gasteiger partial charge in [-0.3, -0.25) is 4.98 Å². The third kappa shape index (κ3) is 2.43. The zero-order chi connectivity index (χ0) is 14.1. The Bertz CT molecular complexity index is 759. The van der Waals surface area contributed by atoms with E-state index in [9.17, 15) is 0 Å². The van der Waals surface area contributed by atoms with E-state index in [4.69, 9.17) is 4.74 Å². The molecule has 1 atom stereocenters. The average molecular weight is 279 g/mol. The van der Waals surface area contributed by atoms with E-state index in [0.717, 1.165) is 37.5 Å². The summed E-state index contributed by atoms with van der Waals surface area (Å²) < 4.78 is 7.69. The first-order chi connectivity index (χ1) is 10.4. The second-order valence-electron chi connectivity index (χ2n) is 5.51. The van der Waals surface area contributed by atoms with Gasteiger partial charge in [-0.15, -0.1) is 0 Å². The zero-order valence-corrected chi connectivity index (χ0v) is 11.8. The second-order valence-corrected chi connectivity index (χ2v) is 5.51. The summed E-state index contributed by atoms with van der Waals surface area (Å²) in [6.45, 7) is 2.44. The number of aromatic nitrogens is 3. The summed E-state index contributed by atoms with van der Waals surface area (Å²) in [5.41, 5.74) is 2.24. The van der Waals surface area contributed by atoms with E-state index < -0.39 is 0 Å². The lowest BCUT2D eigenvalue weighted by Crippen LogP contribution is -2.10. The molecule has 0 saturated carbocycles. The lowest BCUT2D eigenvalue weighted by Gasteiger charge is -2.12. The van der Waals surface area contributed by atoms with Gasteiger partial charge in [0, 0.05) is 36.5 Å². The van der Waals surface area contributed by atoms with Gasteiger partial charge in [0.15, 0.2) is 0 Å². The molecule has 3 aromatic rings. The van der Waals surface area contributed by atoms with Crippen molar-refractivity contribution < 1.29 is 4.74 Å². The standard InChI is InChI=1S/C17H17N3O/c1-2-4-16-14(3-1)9-13(10-19-16)11-20-7-6-18-17(20)15-5-8-21-12-15/h1-4,6-7,9-10,15H,5,8,11-12H2. The largest absolute Gasteiger partial charge is 0.381 e. The Morgan fingerprint density at radius 1 is 1.24 bits per heavy atom. The third-order valence-corrected chi connectivity index (χ3v) is 4.04. The maximum absolute atomic E-state index is 5.48. The van der Waals surface area contributed by atoms with Crippen LogP contribution < -0.4 is 0 Å². The maximum atomic E-state index is 5.48. The van der Waals surface area contributed by atoms with E-state index in [0.29, 0.717) is 5.92 Å². The van der Waals surface area contributed by atoms with Crippen LogP contribution in [0.2, 0.25) is 0 Å². The van der Waals surface area contributed by atoms with E-state index in [2.05, 4.69) is 26.7 Å². The van der Waals surface area contributed by atoms with E-state index in [1.165, 1.54) is 10.9 Å². The van der Waals surface area contributed by atoms with Crippen LogP contribution in [0.1, 0.15) is 23.7 Å². The number of benzene rings is 1. The molecule has 1 aromatic carbocycles. The van der Waals surface area contributed by atoms with Crippen molar-refractivity contribution in [2.24, 2.45) is 0 Å². The Labute approximate surface area is 123 Å². The van der Waals surface area contributed by atoms with Crippen LogP contribution in [-0.2, 0) is 11.3 Å². The maximum Gasteiger partial charge on any atom is 0.114 e. The minimum atomic E-state index is 0.424. The highest BCUT2D eigenvalue weighted by Gasteiger charge is 2.22. The second kappa shape index (κ2) is 5.30. The van der Waals surface area contributed by atoms with Crippen LogP contribution in [0.3, 0.4) is 0 Å². The molecule has 2 aromatic heterocycles. The van der Waals surface area contributed by atoms with Crippen LogP contribution in [0.15, 0.2) is 48.9 Å². The first kappa shape index (κ1) is 12.5. The summed E-state index contributed by atoms with van der Waals surface area (Å²) >= 11 is 0. The molecule has 4 rings (SSSR count). The Morgan fingerprint density at radius 3 is 3.10 bits per heavy atom. The van der Waals surface area contributed by atoms with E-state index in [-0.39, 0.29) is 0 Å². The molecule has 21 heavy (non-hydrogen) atoms. The van der Waals surface area contributed by atoms with Crippen molar-refractivity contribution in [3.05, 3.63) is 60.3 Å².